The summed E-state index contributed by atoms with van der Waals surface area (Å²) in [7, 11) is -0.787. The highest BCUT2D eigenvalue weighted by Crippen LogP contribution is 2.12. The highest BCUT2D eigenvalue weighted by Gasteiger charge is 2.08. The Kier molecular flexibility index (Phi) is 6.98. The third-order valence-corrected chi connectivity index (χ3v) is 4.73. The molecule has 2 unspecified atom stereocenters. The lowest BCUT2D eigenvalue weighted by molar-refractivity contribution is 0.342. The Labute approximate surface area is 112 Å². The Morgan fingerprint density at radius 3 is 2.56 bits per heavy atom. The van der Waals surface area contributed by atoms with Gasteiger partial charge in [0.05, 0.1) is 12.4 Å². The van der Waals surface area contributed by atoms with Gasteiger partial charge >= 0.3 is 0 Å². The quantitative estimate of drug-likeness (QED) is 0.786. The number of benzene rings is 1. The summed E-state index contributed by atoms with van der Waals surface area (Å²) in [5.74, 6) is 1.43. The molecule has 0 saturated carbocycles. The lowest BCUT2D eigenvalue weighted by Crippen LogP contribution is -2.17. The molecule has 4 heteroatoms. The first kappa shape index (κ1) is 15.2. The van der Waals surface area contributed by atoms with Gasteiger partial charge in [-0.25, -0.2) is 0 Å². The number of hydrogen-bond acceptors (Lipinski definition) is 3. The van der Waals surface area contributed by atoms with Crippen LogP contribution in [0.2, 0.25) is 0 Å². The van der Waals surface area contributed by atoms with E-state index in [0.29, 0.717) is 18.9 Å². The molecule has 0 radical (unpaired) electrons. The van der Waals surface area contributed by atoms with Gasteiger partial charge in [0, 0.05) is 16.0 Å². The molecule has 0 fully saturated rings. The smallest absolute Gasteiger partial charge is 0.119 e. The molecular weight excluding hydrogens is 246 g/mol. The third kappa shape index (κ3) is 5.19. The predicted molar refractivity (Wildman–Crippen MR) is 77.5 cm³/mol. The first-order valence-electron chi connectivity index (χ1n) is 6.46. The number of ether oxygens (including phenoxy) is 1. The van der Waals surface area contributed by atoms with Crippen molar-refractivity contribution in [2.75, 3.05) is 18.9 Å². The van der Waals surface area contributed by atoms with Crippen LogP contribution in [0.3, 0.4) is 0 Å². The SMILES string of the molecule is CCC(C)S(=O)CCOc1ccc(CCN)cc1. The van der Waals surface area contributed by atoms with Gasteiger partial charge in [0.25, 0.3) is 0 Å². The van der Waals surface area contributed by atoms with Crippen molar-refractivity contribution in [3.8, 4) is 5.75 Å². The number of nitrogens with two attached hydrogens (primary N) is 1. The molecule has 0 bridgehead atoms. The van der Waals surface area contributed by atoms with Crippen molar-refractivity contribution in [2.24, 2.45) is 5.73 Å². The van der Waals surface area contributed by atoms with Crippen molar-refractivity contribution in [3.05, 3.63) is 29.8 Å². The minimum atomic E-state index is -0.787. The predicted octanol–water partition coefficient (Wildman–Crippen LogP) is 2.11. The molecule has 0 heterocycles. The van der Waals surface area contributed by atoms with Crippen molar-refractivity contribution in [3.63, 3.8) is 0 Å². The summed E-state index contributed by atoms with van der Waals surface area (Å²) >= 11 is 0. The molecule has 0 amide bonds. The maximum absolute atomic E-state index is 11.7. The van der Waals surface area contributed by atoms with Crippen molar-refractivity contribution in [2.45, 2.75) is 31.9 Å². The second-order valence-electron chi connectivity index (χ2n) is 4.33. The molecule has 1 rings (SSSR count). The molecular formula is C14H23NO2S. The molecule has 3 nitrogen and oxygen atoms in total. The van der Waals surface area contributed by atoms with Crippen LogP contribution in [0.15, 0.2) is 24.3 Å². The Bertz CT molecular complexity index is 365. The topological polar surface area (TPSA) is 52.3 Å². The summed E-state index contributed by atoms with van der Waals surface area (Å²) in [5, 5.41) is 0.250. The van der Waals surface area contributed by atoms with E-state index in [9.17, 15) is 4.21 Å². The van der Waals surface area contributed by atoms with E-state index in [1.165, 1.54) is 5.56 Å². The average Bonchev–Trinajstić information content (AvgIpc) is 2.40. The van der Waals surface area contributed by atoms with Crippen molar-refractivity contribution in [1.29, 1.82) is 0 Å². The van der Waals surface area contributed by atoms with Crippen LogP contribution < -0.4 is 10.5 Å². The molecule has 0 spiro atoms. The van der Waals surface area contributed by atoms with Crippen LogP contribution in [0.4, 0.5) is 0 Å². The Morgan fingerprint density at radius 1 is 1.33 bits per heavy atom. The lowest BCUT2D eigenvalue weighted by Gasteiger charge is -2.10. The van der Waals surface area contributed by atoms with Gasteiger partial charge < -0.3 is 10.5 Å². The average molecular weight is 269 g/mol. The Balaban J connectivity index is 2.33. The zero-order chi connectivity index (χ0) is 13.4. The van der Waals surface area contributed by atoms with Gasteiger partial charge in [0.15, 0.2) is 0 Å². The first-order chi connectivity index (χ1) is 8.67. The number of hydrogen-bond donors (Lipinski definition) is 1. The van der Waals surface area contributed by atoms with E-state index < -0.39 is 10.8 Å². The summed E-state index contributed by atoms with van der Waals surface area (Å²) in [4.78, 5) is 0. The Hall–Kier alpha value is -0.870. The molecule has 2 N–H and O–H groups in total. The van der Waals surface area contributed by atoms with E-state index in [1.807, 2.05) is 31.2 Å². The van der Waals surface area contributed by atoms with E-state index in [2.05, 4.69) is 6.92 Å². The monoisotopic (exact) mass is 269 g/mol. The van der Waals surface area contributed by atoms with Crippen LogP contribution in [0.5, 0.6) is 5.75 Å². The lowest BCUT2D eigenvalue weighted by atomic mass is 10.1. The van der Waals surface area contributed by atoms with Gasteiger partial charge in [-0.15, -0.1) is 0 Å². The normalized spacial score (nSPS) is 14.2. The van der Waals surface area contributed by atoms with Gasteiger partial charge in [-0.1, -0.05) is 26.0 Å². The second-order valence-corrected chi connectivity index (χ2v) is 6.31. The van der Waals surface area contributed by atoms with Crippen LogP contribution in [0.25, 0.3) is 0 Å². The van der Waals surface area contributed by atoms with E-state index >= 15 is 0 Å². The summed E-state index contributed by atoms with van der Waals surface area (Å²) in [6.45, 7) is 5.23. The van der Waals surface area contributed by atoms with E-state index in [4.69, 9.17) is 10.5 Å². The second kappa shape index (κ2) is 8.27. The maximum atomic E-state index is 11.7. The maximum Gasteiger partial charge on any atom is 0.119 e. The molecule has 0 aromatic heterocycles. The van der Waals surface area contributed by atoms with Crippen LogP contribution in [-0.4, -0.2) is 28.4 Å². The Morgan fingerprint density at radius 2 is 2.00 bits per heavy atom. The van der Waals surface area contributed by atoms with Gasteiger partial charge in [0.2, 0.25) is 0 Å². The standard InChI is InChI=1S/C14H23NO2S/c1-3-12(2)18(16)11-10-17-14-6-4-13(5-7-14)8-9-15/h4-7,12H,3,8-11,15H2,1-2H3. The van der Waals surface area contributed by atoms with Gasteiger partial charge in [-0.05, 0) is 37.1 Å². The molecule has 0 aliphatic heterocycles. The van der Waals surface area contributed by atoms with E-state index in [0.717, 1.165) is 18.6 Å². The fourth-order valence-electron chi connectivity index (χ4n) is 1.55. The number of rotatable bonds is 8. The summed E-state index contributed by atoms with van der Waals surface area (Å²) in [6, 6.07) is 7.93. The third-order valence-electron chi connectivity index (χ3n) is 2.93. The van der Waals surface area contributed by atoms with Gasteiger partial charge in [-0.2, -0.15) is 0 Å². The van der Waals surface area contributed by atoms with E-state index in [1.54, 1.807) is 0 Å². The summed E-state index contributed by atoms with van der Waals surface area (Å²) in [5.41, 5.74) is 6.70. The molecule has 18 heavy (non-hydrogen) atoms. The molecule has 0 aliphatic carbocycles. The van der Waals surface area contributed by atoms with Crippen LogP contribution >= 0.6 is 0 Å². The fraction of sp³-hybridized carbons (Fsp3) is 0.571. The van der Waals surface area contributed by atoms with Crippen LogP contribution in [0, 0.1) is 0 Å². The molecule has 0 saturated heterocycles. The summed E-state index contributed by atoms with van der Waals surface area (Å²) in [6.07, 6.45) is 1.83. The molecule has 1 aromatic rings. The summed E-state index contributed by atoms with van der Waals surface area (Å²) < 4.78 is 17.3. The van der Waals surface area contributed by atoms with Gasteiger partial charge in [-0.3, -0.25) is 4.21 Å². The van der Waals surface area contributed by atoms with Crippen molar-refractivity contribution >= 4 is 10.8 Å². The van der Waals surface area contributed by atoms with Crippen LogP contribution in [-0.2, 0) is 17.2 Å². The van der Waals surface area contributed by atoms with Crippen LogP contribution in [0.1, 0.15) is 25.8 Å². The van der Waals surface area contributed by atoms with Crippen molar-refractivity contribution < 1.29 is 8.95 Å². The minimum Gasteiger partial charge on any atom is -0.493 e. The zero-order valence-corrected chi connectivity index (χ0v) is 12.0. The molecule has 102 valence electrons. The molecule has 1 aromatic carbocycles. The minimum absolute atomic E-state index is 0.250. The first-order valence-corrected chi connectivity index (χ1v) is 7.84. The fourth-order valence-corrected chi connectivity index (χ4v) is 2.57. The van der Waals surface area contributed by atoms with Gasteiger partial charge in [0.1, 0.15) is 5.75 Å². The molecule has 0 aliphatic rings. The zero-order valence-electron chi connectivity index (χ0n) is 11.2. The molecule has 2 atom stereocenters. The highest BCUT2D eigenvalue weighted by atomic mass is 32.2. The van der Waals surface area contributed by atoms with E-state index in [-0.39, 0.29) is 5.25 Å². The van der Waals surface area contributed by atoms with Crippen molar-refractivity contribution in [1.82, 2.24) is 0 Å². The largest absolute Gasteiger partial charge is 0.493 e. The highest BCUT2D eigenvalue weighted by molar-refractivity contribution is 7.85.